The van der Waals surface area contributed by atoms with E-state index in [0.717, 1.165) is 11.5 Å². The van der Waals surface area contributed by atoms with E-state index in [1.54, 1.807) is 6.07 Å². The van der Waals surface area contributed by atoms with Crippen molar-refractivity contribution < 1.29 is 5.11 Å². The summed E-state index contributed by atoms with van der Waals surface area (Å²) in [6, 6.07) is 5.41. The Labute approximate surface area is 82.4 Å². The topological polar surface area (TPSA) is 41.3 Å². The molecule has 0 aliphatic rings. The maximum absolute atomic E-state index is 9.60. The number of imidazole rings is 1. The van der Waals surface area contributed by atoms with E-state index in [9.17, 15) is 5.11 Å². The van der Waals surface area contributed by atoms with Crippen molar-refractivity contribution in [2.24, 2.45) is 7.05 Å². The van der Waals surface area contributed by atoms with Crippen molar-refractivity contribution >= 4 is 17.0 Å². The highest BCUT2D eigenvalue weighted by molar-refractivity contribution is 5.84. The number of phenolic OH excluding ortho intramolecular Hbond substituents is 1. The fourth-order valence-electron chi connectivity index (χ4n) is 1.59. The number of para-hydroxylation sites is 1. The summed E-state index contributed by atoms with van der Waals surface area (Å²) < 4.78 is 1.95. The molecule has 2 aromatic rings. The number of hydrogen-bond donors (Lipinski definition) is 1. The van der Waals surface area contributed by atoms with Crippen molar-refractivity contribution in [3.8, 4) is 5.75 Å². The van der Waals surface area contributed by atoms with Gasteiger partial charge in [0.05, 0.1) is 5.52 Å². The first-order valence-electron chi connectivity index (χ1n) is 4.43. The third kappa shape index (κ3) is 1.11. The molecule has 0 saturated carbocycles. The Morgan fingerprint density at radius 1 is 1.36 bits per heavy atom. The Hall–Kier alpha value is -1.71. The molecule has 1 heterocycles. The first-order valence-corrected chi connectivity index (χ1v) is 4.43. The molecule has 4 heteroatoms. The van der Waals surface area contributed by atoms with E-state index in [1.165, 1.54) is 0 Å². The molecule has 74 valence electrons. The van der Waals surface area contributed by atoms with Gasteiger partial charge in [0.1, 0.15) is 11.3 Å². The number of anilines is 1. The van der Waals surface area contributed by atoms with Gasteiger partial charge in [-0.25, -0.2) is 4.98 Å². The molecular formula is C10H13N3O. The number of aromatic nitrogens is 2. The summed E-state index contributed by atoms with van der Waals surface area (Å²) in [6.07, 6.45) is 0. The van der Waals surface area contributed by atoms with Gasteiger partial charge in [0.15, 0.2) is 0 Å². The Balaban J connectivity index is 2.80. The Morgan fingerprint density at radius 3 is 2.64 bits per heavy atom. The average Bonchev–Trinajstić information content (AvgIpc) is 2.46. The van der Waals surface area contributed by atoms with E-state index >= 15 is 0 Å². The lowest BCUT2D eigenvalue weighted by Gasteiger charge is -2.10. The fourth-order valence-corrected chi connectivity index (χ4v) is 1.59. The summed E-state index contributed by atoms with van der Waals surface area (Å²) in [4.78, 5) is 6.27. The monoisotopic (exact) mass is 191 g/mol. The molecule has 1 N–H and O–H groups in total. The zero-order chi connectivity index (χ0) is 10.3. The van der Waals surface area contributed by atoms with Gasteiger partial charge < -0.3 is 14.6 Å². The Morgan fingerprint density at radius 2 is 2.07 bits per heavy atom. The molecule has 0 spiro atoms. The van der Waals surface area contributed by atoms with Gasteiger partial charge in [-0.1, -0.05) is 6.07 Å². The largest absolute Gasteiger partial charge is 0.506 e. The molecule has 4 nitrogen and oxygen atoms in total. The second-order valence-corrected chi connectivity index (χ2v) is 3.51. The van der Waals surface area contributed by atoms with Crippen molar-refractivity contribution in [2.45, 2.75) is 0 Å². The minimum atomic E-state index is 0.228. The molecule has 0 radical (unpaired) electrons. The second-order valence-electron chi connectivity index (χ2n) is 3.51. The van der Waals surface area contributed by atoms with Crippen molar-refractivity contribution in [3.63, 3.8) is 0 Å². The minimum absolute atomic E-state index is 0.228. The third-order valence-corrected chi connectivity index (χ3v) is 2.27. The summed E-state index contributed by atoms with van der Waals surface area (Å²) in [5.74, 6) is 1.06. The number of rotatable bonds is 1. The van der Waals surface area contributed by atoms with Crippen LogP contribution in [0.15, 0.2) is 18.2 Å². The molecule has 0 bridgehead atoms. The van der Waals surface area contributed by atoms with Crippen LogP contribution in [-0.4, -0.2) is 28.8 Å². The Bertz CT molecular complexity index is 473. The van der Waals surface area contributed by atoms with Gasteiger partial charge in [-0.05, 0) is 12.1 Å². The normalized spacial score (nSPS) is 10.8. The van der Waals surface area contributed by atoms with Crippen LogP contribution in [0, 0.1) is 0 Å². The smallest absolute Gasteiger partial charge is 0.205 e. The standard InChI is InChI=1S/C10H13N3O/c1-12(2)10-11-9-7(13(10)3)5-4-6-8(9)14/h4-6,14H,1-3H3. The van der Waals surface area contributed by atoms with Crippen molar-refractivity contribution in [1.82, 2.24) is 9.55 Å². The Kier molecular flexibility index (Phi) is 1.84. The van der Waals surface area contributed by atoms with Crippen LogP contribution < -0.4 is 4.90 Å². The van der Waals surface area contributed by atoms with Crippen LogP contribution >= 0.6 is 0 Å². The van der Waals surface area contributed by atoms with Gasteiger partial charge in [-0.3, -0.25) is 0 Å². The molecule has 2 rings (SSSR count). The maximum atomic E-state index is 9.60. The molecule has 14 heavy (non-hydrogen) atoms. The van der Waals surface area contributed by atoms with E-state index in [0.29, 0.717) is 5.52 Å². The van der Waals surface area contributed by atoms with Gasteiger partial charge in [0.25, 0.3) is 0 Å². The molecule has 0 aliphatic carbocycles. The van der Waals surface area contributed by atoms with Gasteiger partial charge in [0, 0.05) is 21.1 Å². The van der Waals surface area contributed by atoms with Gasteiger partial charge in [-0.15, -0.1) is 0 Å². The zero-order valence-electron chi connectivity index (χ0n) is 8.52. The molecule has 0 amide bonds. The van der Waals surface area contributed by atoms with Gasteiger partial charge in [-0.2, -0.15) is 0 Å². The molecule has 0 atom stereocenters. The number of benzene rings is 1. The summed E-state index contributed by atoms with van der Waals surface area (Å²) >= 11 is 0. The van der Waals surface area contributed by atoms with E-state index in [-0.39, 0.29) is 5.75 Å². The number of nitrogens with zero attached hydrogens (tertiary/aromatic N) is 3. The van der Waals surface area contributed by atoms with Gasteiger partial charge in [0.2, 0.25) is 5.95 Å². The van der Waals surface area contributed by atoms with Crippen LogP contribution in [0.4, 0.5) is 5.95 Å². The lowest BCUT2D eigenvalue weighted by Crippen LogP contribution is -2.13. The average molecular weight is 191 g/mol. The third-order valence-electron chi connectivity index (χ3n) is 2.27. The number of hydrogen-bond acceptors (Lipinski definition) is 3. The van der Waals surface area contributed by atoms with Gasteiger partial charge >= 0.3 is 0 Å². The van der Waals surface area contributed by atoms with Crippen LogP contribution in [0.3, 0.4) is 0 Å². The predicted octanol–water partition coefficient (Wildman–Crippen LogP) is 1.34. The molecule has 0 saturated heterocycles. The summed E-state index contributed by atoms with van der Waals surface area (Å²) in [5, 5.41) is 9.60. The highest BCUT2D eigenvalue weighted by Crippen LogP contribution is 2.26. The van der Waals surface area contributed by atoms with Crippen LogP contribution in [0.2, 0.25) is 0 Å². The first-order chi connectivity index (χ1) is 6.61. The first kappa shape index (κ1) is 8.87. The molecule has 0 fully saturated rings. The predicted molar refractivity (Wildman–Crippen MR) is 56.7 cm³/mol. The highest BCUT2D eigenvalue weighted by Gasteiger charge is 2.11. The number of aromatic hydroxyl groups is 1. The quantitative estimate of drug-likeness (QED) is 0.739. The molecule has 0 unspecified atom stereocenters. The zero-order valence-corrected chi connectivity index (χ0v) is 8.52. The summed E-state index contributed by atoms with van der Waals surface area (Å²) in [7, 11) is 5.79. The van der Waals surface area contributed by atoms with Crippen molar-refractivity contribution in [3.05, 3.63) is 18.2 Å². The van der Waals surface area contributed by atoms with E-state index in [1.807, 2.05) is 42.7 Å². The highest BCUT2D eigenvalue weighted by atomic mass is 16.3. The number of aryl methyl sites for hydroxylation is 1. The minimum Gasteiger partial charge on any atom is -0.506 e. The van der Waals surface area contributed by atoms with Crippen molar-refractivity contribution in [2.75, 3.05) is 19.0 Å². The lowest BCUT2D eigenvalue weighted by atomic mass is 10.3. The van der Waals surface area contributed by atoms with Crippen LogP contribution in [0.25, 0.3) is 11.0 Å². The summed E-state index contributed by atoms with van der Waals surface area (Å²) in [5.41, 5.74) is 1.59. The van der Waals surface area contributed by atoms with E-state index < -0.39 is 0 Å². The molecule has 0 aliphatic heterocycles. The van der Waals surface area contributed by atoms with Crippen LogP contribution in [0.1, 0.15) is 0 Å². The molecular weight excluding hydrogens is 178 g/mol. The lowest BCUT2D eigenvalue weighted by molar-refractivity contribution is 0.480. The molecule has 1 aromatic heterocycles. The second kappa shape index (κ2) is 2.90. The molecule has 1 aromatic carbocycles. The fraction of sp³-hybridized carbons (Fsp3) is 0.300. The van der Waals surface area contributed by atoms with E-state index in [2.05, 4.69) is 4.98 Å². The van der Waals surface area contributed by atoms with E-state index in [4.69, 9.17) is 0 Å². The number of fused-ring (bicyclic) bond motifs is 1. The summed E-state index contributed by atoms with van der Waals surface area (Å²) in [6.45, 7) is 0. The SMILES string of the molecule is CN(C)c1nc2c(O)cccc2n1C. The number of phenols is 1. The van der Waals surface area contributed by atoms with Crippen LogP contribution in [0.5, 0.6) is 5.75 Å². The van der Waals surface area contributed by atoms with Crippen LogP contribution in [-0.2, 0) is 7.05 Å². The maximum Gasteiger partial charge on any atom is 0.205 e. The van der Waals surface area contributed by atoms with Crippen molar-refractivity contribution in [1.29, 1.82) is 0 Å².